The Morgan fingerprint density at radius 3 is 3.00 bits per heavy atom. The summed E-state index contributed by atoms with van der Waals surface area (Å²) in [6, 6.07) is 5.45. The van der Waals surface area contributed by atoms with Gasteiger partial charge in [-0.3, -0.25) is 4.98 Å². The molecule has 1 heterocycles. The van der Waals surface area contributed by atoms with E-state index >= 15 is 0 Å². The molecule has 18 heavy (non-hydrogen) atoms. The molecule has 1 aliphatic carbocycles. The van der Waals surface area contributed by atoms with Crippen LogP contribution in [0.2, 0.25) is 0 Å². The van der Waals surface area contributed by atoms with Gasteiger partial charge in [0.1, 0.15) is 0 Å². The Morgan fingerprint density at radius 1 is 1.33 bits per heavy atom. The number of nitrogens with one attached hydrogen (secondary N) is 1. The zero-order valence-electron chi connectivity index (χ0n) is 11.8. The van der Waals surface area contributed by atoms with Gasteiger partial charge in [0.2, 0.25) is 0 Å². The third-order valence-corrected chi connectivity index (χ3v) is 3.94. The molecule has 0 radical (unpaired) electrons. The van der Waals surface area contributed by atoms with Crippen molar-refractivity contribution in [2.24, 2.45) is 0 Å². The Bertz CT molecular complexity index is 362. The third kappa shape index (κ3) is 3.32. The van der Waals surface area contributed by atoms with Crippen LogP contribution in [0.15, 0.2) is 18.3 Å². The van der Waals surface area contributed by atoms with Crippen LogP contribution in [0.3, 0.4) is 0 Å². The lowest BCUT2D eigenvalue weighted by atomic mass is 10.0. The molecule has 2 heteroatoms. The number of pyridine rings is 1. The summed E-state index contributed by atoms with van der Waals surface area (Å²) in [6.07, 6.45) is 10.8. The lowest BCUT2D eigenvalue weighted by Gasteiger charge is -2.22. The zero-order valence-corrected chi connectivity index (χ0v) is 11.8. The Morgan fingerprint density at radius 2 is 2.22 bits per heavy atom. The van der Waals surface area contributed by atoms with Gasteiger partial charge in [-0.2, -0.15) is 0 Å². The first-order chi connectivity index (χ1) is 8.85. The molecule has 0 bridgehead atoms. The van der Waals surface area contributed by atoms with Crippen molar-refractivity contribution in [2.45, 2.75) is 70.9 Å². The van der Waals surface area contributed by atoms with Gasteiger partial charge in [-0.15, -0.1) is 0 Å². The van der Waals surface area contributed by atoms with E-state index in [4.69, 9.17) is 0 Å². The van der Waals surface area contributed by atoms with Crippen LogP contribution >= 0.6 is 0 Å². The molecule has 0 aliphatic heterocycles. The average Bonchev–Trinajstić information content (AvgIpc) is 2.80. The molecule has 0 saturated carbocycles. The van der Waals surface area contributed by atoms with E-state index in [1.54, 1.807) is 0 Å². The molecule has 1 aromatic rings. The van der Waals surface area contributed by atoms with Gasteiger partial charge in [0.05, 0.1) is 11.7 Å². The Balaban J connectivity index is 1.95. The average molecular weight is 246 g/mol. The minimum atomic E-state index is 0.495. The van der Waals surface area contributed by atoms with Crippen LogP contribution in [0.4, 0.5) is 0 Å². The highest BCUT2D eigenvalue weighted by Crippen LogP contribution is 2.30. The normalized spacial score (nSPS) is 19.8. The molecule has 100 valence electrons. The van der Waals surface area contributed by atoms with E-state index in [1.807, 2.05) is 6.20 Å². The molecular formula is C16H26N2. The van der Waals surface area contributed by atoms with Crippen LogP contribution in [-0.2, 0) is 6.42 Å². The first kappa shape index (κ1) is 13.5. The van der Waals surface area contributed by atoms with E-state index in [0.29, 0.717) is 12.1 Å². The second-order valence-corrected chi connectivity index (χ2v) is 5.43. The zero-order chi connectivity index (χ0) is 12.8. The van der Waals surface area contributed by atoms with Crippen LogP contribution in [-0.4, -0.2) is 11.0 Å². The third-order valence-electron chi connectivity index (χ3n) is 3.94. The monoisotopic (exact) mass is 246 g/mol. The predicted octanol–water partition coefficient (Wildman–Crippen LogP) is 4.02. The number of aromatic nitrogens is 1. The van der Waals surface area contributed by atoms with Crippen molar-refractivity contribution in [1.82, 2.24) is 10.3 Å². The van der Waals surface area contributed by atoms with Gasteiger partial charge in [0.25, 0.3) is 0 Å². The van der Waals surface area contributed by atoms with Gasteiger partial charge >= 0.3 is 0 Å². The molecule has 0 fully saturated rings. The highest BCUT2D eigenvalue weighted by molar-refractivity contribution is 5.27. The van der Waals surface area contributed by atoms with Gasteiger partial charge in [-0.1, -0.05) is 39.2 Å². The molecule has 0 spiro atoms. The first-order valence-corrected chi connectivity index (χ1v) is 7.55. The second kappa shape index (κ2) is 6.89. The summed E-state index contributed by atoms with van der Waals surface area (Å²) in [5.74, 6) is 0. The molecular weight excluding hydrogens is 220 g/mol. The van der Waals surface area contributed by atoms with Crippen LogP contribution in [0, 0.1) is 0 Å². The minimum Gasteiger partial charge on any atom is -0.306 e. The number of nitrogens with zero attached hydrogens (tertiary/aromatic N) is 1. The molecule has 0 amide bonds. The highest BCUT2D eigenvalue weighted by Gasteiger charge is 2.25. The standard InChI is InChI=1S/C16H26N2/c1-3-5-9-14(7-4-2)18-15-11-10-13-8-6-12-17-16(13)15/h6,8,12,14-15,18H,3-5,7,9-11H2,1-2H3. The minimum absolute atomic E-state index is 0.495. The van der Waals surface area contributed by atoms with Crippen molar-refractivity contribution < 1.29 is 0 Å². The molecule has 1 aromatic heterocycles. The fourth-order valence-corrected chi connectivity index (χ4v) is 2.97. The fraction of sp³-hybridized carbons (Fsp3) is 0.688. The summed E-state index contributed by atoms with van der Waals surface area (Å²) < 4.78 is 0. The smallest absolute Gasteiger partial charge is 0.0605 e. The second-order valence-electron chi connectivity index (χ2n) is 5.43. The predicted molar refractivity (Wildman–Crippen MR) is 76.7 cm³/mol. The fourth-order valence-electron chi connectivity index (χ4n) is 2.97. The molecule has 1 N–H and O–H groups in total. The van der Waals surface area contributed by atoms with Crippen molar-refractivity contribution in [3.8, 4) is 0 Å². The van der Waals surface area contributed by atoms with E-state index in [0.717, 1.165) is 0 Å². The number of rotatable bonds is 7. The Kier molecular flexibility index (Phi) is 5.18. The molecule has 1 aliphatic rings. The maximum Gasteiger partial charge on any atom is 0.0605 e. The molecule has 0 aromatic carbocycles. The summed E-state index contributed by atoms with van der Waals surface area (Å²) in [4.78, 5) is 4.57. The van der Waals surface area contributed by atoms with Gasteiger partial charge in [-0.05, 0) is 37.3 Å². The van der Waals surface area contributed by atoms with E-state index in [9.17, 15) is 0 Å². The summed E-state index contributed by atoms with van der Waals surface area (Å²) >= 11 is 0. The summed E-state index contributed by atoms with van der Waals surface area (Å²) in [5.41, 5.74) is 2.75. The largest absolute Gasteiger partial charge is 0.306 e. The van der Waals surface area contributed by atoms with Crippen molar-refractivity contribution >= 4 is 0 Å². The number of hydrogen-bond acceptors (Lipinski definition) is 2. The van der Waals surface area contributed by atoms with E-state index in [1.165, 1.54) is 56.2 Å². The van der Waals surface area contributed by atoms with Crippen LogP contribution in [0.1, 0.15) is 69.7 Å². The van der Waals surface area contributed by atoms with Crippen molar-refractivity contribution in [3.63, 3.8) is 0 Å². The Labute approximate surface area is 111 Å². The van der Waals surface area contributed by atoms with Gasteiger partial charge in [0, 0.05) is 12.2 Å². The molecule has 2 nitrogen and oxygen atoms in total. The van der Waals surface area contributed by atoms with E-state index in [-0.39, 0.29) is 0 Å². The number of hydrogen-bond donors (Lipinski definition) is 1. The van der Waals surface area contributed by atoms with Crippen molar-refractivity contribution in [3.05, 3.63) is 29.6 Å². The lowest BCUT2D eigenvalue weighted by Crippen LogP contribution is -2.32. The molecule has 2 rings (SSSR count). The van der Waals surface area contributed by atoms with Crippen molar-refractivity contribution in [1.29, 1.82) is 0 Å². The Hall–Kier alpha value is -0.890. The van der Waals surface area contributed by atoms with Crippen LogP contribution in [0.5, 0.6) is 0 Å². The van der Waals surface area contributed by atoms with Crippen molar-refractivity contribution in [2.75, 3.05) is 0 Å². The molecule has 2 unspecified atom stereocenters. The lowest BCUT2D eigenvalue weighted by molar-refractivity contribution is 0.378. The van der Waals surface area contributed by atoms with Gasteiger partial charge in [-0.25, -0.2) is 0 Å². The maximum atomic E-state index is 4.57. The van der Waals surface area contributed by atoms with Gasteiger partial charge < -0.3 is 5.32 Å². The molecule has 2 atom stereocenters. The van der Waals surface area contributed by atoms with Gasteiger partial charge in [0.15, 0.2) is 0 Å². The quantitative estimate of drug-likeness (QED) is 0.786. The SMILES string of the molecule is CCCCC(CCC)NC1CCc2cccnc21. The van der Waals surface area contributed by atoms with Crippen LogP contribution < -0.4 is 5.32 Å². The summed E-state index contributed by atoms with van der Waals surface area (Å²) in [5, 5.41) is 3.85. The van der Waals surface area contributed by atoms with Crippen LogP contribution in [0.25, 0.3) is 0 Å². The topological polar surface area (TPSA) is 24.9 Å². The number of aryl methyl sites for hydroxylation is 1. The summed E-state index contributed by atoms with van der Waals surface area (Å²) in [7, 11) is 0. The maximum absolute atomic E-state index is 4.57. The number of unbranched alkanes of at least 4 members (excludes halogenated alkanes) is 1. The number of fused-ring (bicyclic) bond motifs is 1. The first-order valence-electron chi connectivity index (χ1n) is 7.55. The highest BCUT2D eigenvalue weighted by atomic mass is 15.0. The summed E-state index contributed by atoms with van der Waals surface area (Å²) in [6.45, 7) is 4.55. The molecule has 0 saturated heterocycles. The van der Waals surface area contributed by atoms with E-state index in [2.05, 4.69) is 36.3 Å². The van der Waals surface area contributed by atoms with E-state index < -0.39 is 0 Å².